The summed E-state index contributed by atoms with van der Waals surface area (Å²) in [5, 5.41) is 7.33. The Morgan fingerprint density at radius 1 is 1.11 bits per heavy atom. The van der Waals surface area contributed by atoms with E-state index in [4.69, 9.17) is 14.2 Å². The molecule has 1 atom stereocenters. The third-order valence-electron chi connectivity index (χ3n) is 5.52. The molecule has 1 aromatic heterocycles. The minimum atomic E-state index is -4.75. The van der Waals surface area contributed by atoms with Gasteiger partial charge in [0.15, 0.2) is 6.61 Å². The molecule has 0 saturated carbocycles. The topological polar surface area (TPSA) is 83.8 Å². The van der Waals surface area contributed by atoms with Gasteiger partial charge in [-0.2, -0.15) is 5.10 Å². The number of benzene rings is 2. The molecule has 2 aromatic carbocycles. The van der Waals surface area contributed by atoms with Crippen LogP contribution in [-0.4, -0.2) is 55.0 Å². The summed E-state index contributed by atoms with van der Waals surface area (Å²) in [5.41, 5.74) is 1.76. The number of alkyl halides is 3. The van der Waals surface area contributed by atoms with Gasteiger partial charge in [0, 0.05) is 24.8 Å². The molecule has 11 heteroatoms. The van der Waals surface area contributed by atoms with E-state index in [-0.39, 0.29) is 24.4 Å². The largest absolute Gasteiger partial charge is 0.573 e. The first kappa shape index (κ1) is 25.4. The van der Waals surface area contributed by atoms with Crippen molar-refractivity contribution in [2.75, 3.05) is 26.9 Å². The molecule has 0 radical (unpaired) electrons. The lowest BCUT2D eigenvalue weighted by Gasteiger charge is -2.22. The average Bonchev–Trinajstić information content (AvgIpc) is 3.31. The summed E-state index contributed by atoms with van der Waals surface area (Å²) in [7, 11) is 1.49. The fourth-order valence-corrected chi connectivity index (χ4v) is 3.74. The maximum atomic E-state index is 12.4. The van der Waals surface area contributed by atoms with E-state index in [1.165, 1.54) is 31.4 Å². The van der Waals surface area contributed by atoms with E-state index < -0.39 is 6.36 Å². The smallest absolute Gasteiger partial charge is 0.484 e. The van der Waals surface area contributed by atoms with E-state index in [1.807, 2.05) is 0 Å². The number of amides is 1. The first-order valence-electron chi connectivity index (χ1n) is 11.4. The summed E-state index contributed by atoms with van der Waals surface area (Å²) >= 11 is 0. The van der Waals surface area contributed by atoms with Crippen LogP contribution in [0.15, 0.2) is 54.6 Å². The number of nitrogens with zero attached hydrogens (tertiary/aromatic N) is 2. The quantitative estimate of drug-likeness (QED) is 0.461. The van der Waals surface area contributed by atoms with Crippen LogP contribution in [0.5, 0.6) is 17.4 Å². The molecule has 1 fully saturated rings. The highest BCUT2D eigenvalue weighted by atomic mass is 19.4. The minimum absolute atomic E-state index is 0.0575. The fraction of sp³-hybridized carbons (Fsp3) is 0.360. The Hall–Kier alpha value is -3.73. The maximum absolute atomic E-state index is 12.4. The number of methoxy groups -OCH3 is 1. The molecule has 1 aliphatic rings. The third-order valence-corrected chi connectivity index (χ3v) is 5.52. The first-order valence-corrected chi connectivity index (χ1v) is 11.4. The van der Waals surface area contributed by atoms with Crippen molar-refractivity contribution in [3.63, 3.8) is 0 Å². The summed E-state index contributed by atoms with van der Waals surface area (Å²) in [4.78, 5) is 12.1. The molecule has 192 valence electrons. The predicted molar refractivity (Wildman–Crippen MR) is 124 cm³/mol. The third kappa shape index (κ3) is 6.91. The number of hydrogen-bond acceptors (Lipinski definition) is 6. The van der Waals surface area contributed by atoms with E-state index in [1.54, 1.807) is 35.0 Å². The van der Waals surface area contributed by atoms with E-state index in [9.17, 15) is 18.0 Å². The normalized spacial score (nSPS) is 15.8. The summed E-state index contributed by atoms with van der Waals surface area (Å²) in [6.07, 6.45) is -1.59. The van der Waals surface area contributed by atoms with Crippen molar-refractivity contribution >= 4 is 5.91 Å². The zero-order valence-corrected chi connectivity index (χ0v) is 19.6. The Balaban J connectivity index is 1.36. The van der Waals surface area contributed by atoms with Crippen LogP contribution in [0.25, 0.3) is 16.9 Å². The average molecular weight is 505 g/mol. The van der Waals surface area contributed by atoms with E-state index in [2.05, 4.69) is 15.2 Å². The molecule has 1 aliphatic heterocycles. The number of nitrogens with one attached hydrogen (secondary N) is 1. The van der Waals surface area contributed by atoms with Crippen LogP contribution in [0.3, 0.4) is 0 Å². The second-order valence-electron chi connectivity index (χ2n) is 8.13. The molecule has 3 aromatic rings. The van der Waals surface area contributed by atoms with Gasteiger partial charge in [0.2, 0.25) is 5.88 Å². The van der Waals surface area contributed by atoms with Crippen molar-refractivity contribution in [1.82, 2.24) is 15.1 Å². The Morgan fingerprint density at radius 3 is 2.47 bits per heavy atom. The van der Waals surface area contributed by atoms with Gasteiger partial charge in [-0.15, -0.1) is 13.2 Å². The van der Waals surface area contributed by atoms with Gasteiger partial charge in [-0.25, -0.2) is 4.68 Å². The second-order valence-corrected chi connectivity index (χ2v) is 8.13. The van der Waals surface area contributed by atoms with Gasteiger partial charge in [-0.3, -0.25) is 4.79 Å². The number of aromatic nitrogens is 2. The van der Waals surface area contributed by atoms with Crippen LogP contribution in [0.4, 0.5) is 13.2 Å². The highest BCUT2D eigenvalue weighted by molar-refractivity contribution is 5.77. The van der Waals surface area contributed by atoms with Gasteiger partial charge in [0.1, 0.15) is 11.5 Å². The molecule has 1 saturated heterocycles. The number of rotatable bonds is 9. The molecule has 1 amide bonds. The van der Waals surface area contributed by atoms with Crippen molar-refractivity contribution < 1.29 is 36.9 Å². The van der Waals surface area contributed by atoms with Gasteiger partial charge < -0.3 is 24.3 Å². The number of carbonyl (C=O) groups is 1. The van der Waals surface area contributed by atoms with Crippen LogP contribution in [0.2, 0.25) is 0 Å². The van der Waals surface area contributed by atoms with Crippen molar-refractivity contribution in [1.29, 1.82) is 0 Å². The van der Waals surface area contributed by atoms with Gasteiger partial charge >= 0.3 is 6.36 Å². The van der Waals surface area contributed by atoms with Crippen molar-refractivity contribution in [2.24, 2.45) is 0 Å². The number of hydrogen-bond donors (Lipinski definition) is 1. The molecule has 36 heavy (non-hydrogen) atoms. The van der Waals surface area contributed by atoms with Crippen LogP contribution in [0.1, 0.15) is 19.3 Å². The molecule has 0 aliphatic carbocycles. The lowest BCUT2D eigenvalue weighted by atomic mass is 10.1. The van der Waals surface area contributed by atoms with Gasteiger partial charge in [0.25, 0.3) is 5.91 Å². The standard InChI is InChI=1S/C25H26F3N3O5/c1-33-24-14-22(17-5-9-20(10-6-17)36-25(26,27)28)30-31(24)18-7-11-19(12-8-18)35-16-23(32)29-15-21-4-2-3-13-34-21/h5-12,14,21H,2-4,13,15-16H2,1H3,(H,29,32). The van der Waals surface area contributed by atoms with Gasteiger partial charge in [0.05, 0.1) is 24.6 Å². The Kier molecular flexibility index (Phi) is 7.99. The number of halogens is 3. The molecule has 2 heterocycles. The SMILES string of the molecule is COc1cc(-c2ccc(OC(F)(F)F)cc2)nn1-c1ccc(OCC(=O)NCC2CCCCO2)cc1. The maximum Gasteiger partial charge on any atom is 0.573 e. The van der Waals surface area contributed by atoms with Gasteiger partial charge in [-0.1, -0.05) is 0 Å². The molecular formula is C25H26F3N3O5. The number of ether oxygens (including phenoxy) is 4. The van der Waals surface area contributed by atoms with Crippen molar-refractivity contribution in [3.05, 3.63) is 54.6 Å². The Morgan fingerprint density at radius 2 is 1.83 bits per heavy atom. The highest BCUT2D eigenvalue weighted by Crippen LogP contribution is 2.29. The van der Waals surface area contributed by atoms with E-state index in [0.29, 0.717) is 35.1 Å². The summed E-state index contributed by atoms with van der Waals surface area (Å²) in [5.74, 6) is 0.399. The molecule has 1 N–H and O–H groups in total. The van der Waals surface area contributed by atoms with Crippen molar-refractivity contribution in [2.45, 2.75) is 31.7 Å². The summed E-state index contributed by atoms with van der Waals surface area (Å²) in [6, 6.07) is 14.0. The molecule has 8 nitrogen and oxygen atoms in total. The van der Waals surface area contributed by atoms with Crippen LogP contribution >= 0.6 is 0 Å². The van der Waals surface area contributed by atoms with E-state index >= 15 is 0 Å². The van der Waals surface area contributed by atoms with Gasteiger partial charge in [-0.05, 0) is 67.8 Å². The number of carbonyl (C=O) groups excluding carboxylic acids is 1. The zero-order valence-electron chi connectivity index (χ0n) is 19.6. The van der Waals surface area contributed by atoms with Crippen LogP contribution in [-0.2, 0) is 9.53 Å². The molecule has 0 spiro atoms. The monoisotopic (exact) mass is 505 g/mol. The lowest BCUT2D eigenvalue weighted by Crippen LogP contribution is -2.37. The molecule has 4 rings (SSSR count). The Bertz CT molecular complexity index is 1140. The molecule has 0 bridgehead atoms. The van der Waals surface area contributed by atoms with Crippen LogP contribution < -0.4 is 19.5 Å². The lowest BCUT2D eigenvalue weighted by molar-refractivity contribution is -0.274. The summed E-state index contributed by atoms with van der Waals surface area (Å²) < 4.78 is 59.2. The van der Waals surface area contributed by atoms with Crippen LogP contribution in [0, 0.1) is 0 Å². The minimum Gasteiger partial charge on any atom is -0.484 e. The summed E-state index contributed by atoms with van der Waals surface area (Å²) in [6.45, 7) is 1.09. The second kappa shape index (κ2) is 11.3. The predicted octanol–water partition coefficient (Wildman–Crippen LogP) is 4.51. The first-order chi connectivity index (χ1) is 17.3. The Labute approximate surface area is 205 Å². The van der Waals surface area contributed by atoms with E-state index in [0.717, 1.165) is 25.9 Å². The zero-order chi connectivity index (χ0) is 25.5. The highest BCUT2D eigenvalue weighted by Gasteiger charge is 2.31. The molecule has 1 unspecified atom stereocenters. The fourth-order valence-electron chi connectivity index (χ4n) is 3.74. The molecular weight excluding hydrogens is 479 g/mol. The van der Waals surface area contributed by atoms with Crippen molar-refractivity contribution in [3.8, 4) is 34.3 Å².